The van der Waals surface area contributed by atoms with Crippen LogP contribution in [0.15, 0.2) is 53.4 Å². The first-order valence-electron chi connectivity index (χ1n) is 7.19. The molecule has 0 atom stereocenters. The second kappa shape index (κ2) is 7.55. The SMILES string of the molecule is Cc1ccc(SCc2nnc(C(=O)Nc3ccc(F)cc3)s2)cc1. The summed E-state index contributed by atoms with van der Waals surface area (Å²) in [5.41, 5.74) is 1.74. The summed E-state index contributed by atoms with van der Waals surface area (Å²) in [6, 6.07) is 13.8. The van der Waals surface area contributed by atoms with Crippen molar-refractivity contribution in [1.29, 1.82) is 0 Å². The largest absolute Gasteiger partial charge is 0.320 e. The van der Waals surface area contributed by atoms with Crippen LogP contribution in [0.25, 0.3) is 0 Å². The molecule has 7 heteroatoms. The van der Waals surface area contributed by atoms with Crippen molar-refractivity contribution in [1.82, 2.24) is 10.2 Å². The van der Waals surface area contributed by atoms with Gasteiger partial charge in [0.2, 0.25) is 5.01 Å². The average molecular weight is 359 g/mol. The van der Waals surface area contributed by atoms with Gasteiger partial charge in [-0.1, -0.05) is 29.0 Å². The Balaban J connectivity index is 1.59. The van der Waals surface area contributed by atoms with E-state index in [2.05, 4.69) is 39.8 Å². The van der Waals surface area contributed by atoms with E-state index in [4.69, 9.17) is 0 Å². The minimum absolute atomic E-state index is 0.291. The van der Waals surface area contributed by atoms with Gasteiger partial charge >= 0.3 is 0 Å². The van der Waals surface area contributed by atoms with E-state index in [-0.39, 0.29) is 11.7 Å². The number of carbonyl (C=O) groups excluding carboxylic acids is 1. The third-order valence-electron chi connectivity index (χ3n) is 3.15. The van der Waals surface area contributed by atoms with Gasteiger partial charge in [-0.05, 0) is 43.3 Å². The maximum absolute atomic E-state index is 12.9. The van der Waals surface area contributed by atoms with Gasteiger partial charge in [0.15, 0.2) is 0 Å². The molecule has 0 saturated carbocycles. The summed E-state index contributed by atoms with van der Waals surface area (Å²) in [4.78, 5) is 13.3. The number of aromatic nitrogens is 2. The molecule has 1 N–H and O–H groups in total. The summed E-state index contributed by atoms with van der Waals surface area (Å²) in [6.07, 6.45) is 0. The van der Waals surface area contributed by atoms with Crippen molar-refractivity contribution < 1.29 is 9.18 Å². The van der Waals surface area contributed by atoms with Crippen LogP contribution in [0.2, 0.25) is 0 Å². The lowest BCUT2D eigenvalue weighted by Crippen LogP contribution is -2.11. The second-order valence-corrected chi connectivity index (χ2v) is 7.17. The number of amides is 1. The summed E-state index contributed by atoms with van der Waals surface area (Å²) < 4.78 is 12.9. The highest BCUT2D eigenvalue weighted by Gasteiger charge is 2.13. The molecule has 3 aromatic rings. The summed E-state index contributed by atoms with van der Waals surface area (Å²) >= 11 is 2.90. The quantitative estimate of drug-likeness (QED) is 0.680. The Hall–Kier alpha value is -2.25. The summed E-state index contributed by atoms with van der Waals surface area (Å²) in [5, 5.41) is 11.7. The van der Waals surface area contributed by atoms with Crippen molar-refractivity contribution in [2.24, 2.45) is 0 Å². The molecule has 0 radical (unpaired) electrons. The van der Waals surface area contributed by atoms with Crippen molar-refractivity contribution >= 4 is 34.7 Å². The van der Waals surface area contributed by atoms with Gasteiger partial charge < -0.3 is 5.32 Å². The lowest BCUT2D eigenvalue weighted by Gasteiger charge is -2.01. The van der Waals surface area contributed by atoms with Gasteiger partial charge in [0.1, 0.15) is 10.8 Å². The maximum Gasteiger partial charge on any atom is 0.286 e. The summed E-state index contributed by atoms with van der Waals surface area (Å²) in [7, 11) is 0. The molecule has 4 nitrogen and oxygen atoms in total. The van der Waals surface area contributed by atoms with Gasteiger partial charge in [-0.2, -0.15) is 0 Å². The predicted octanol–water partition coefficient (Wildman–Crippen LogP) is 4.53. The van der Waals surface area contributed by atoms with E-state index in [1.54, 1.807) is 11.8 Å². The van der Waals surface area contributed by atoms with E-state index in [1.165, 1.54) is 41.2 Å². The third kappa shape index (κ3) is 4.39. The average Bonchev–Trinajstić information content (AvgIpc) is 3.06. The Morgan fingerprint density at radius 2 is 1.83 bits per heavy atom. The van der Waals surface area contributed by atoms with Gasteiger partial charge in [0.05, 0.1) is 5.75 Å². The number of anilines is 1. The van der Waals surface area contributed by atoms with Crippen LogP contribution in [0.3, 0.4) is 0 Å². The van der Waals surface area contributed by atoms with Crippen molar-refractivity contribution in [2.75, 3.05) is 5.32 Å². The van der Waals surface area contributed by atoms with Crippen LogP contribution in [0.5, 0.6) is 0 Å². The highest BCUT2D eigenvalue weighted by Crippen LogP contribution is 2.25. The third-order valence-corrected chi connectivity index (χ3v) is 5.27. The summed E-state index contributed by atoms with van der Waals surface area (Å²) in [6.45, 7) is 2.05. The number of rotatable bonds is 5. The molecule has 0 aliphatic rings. The second-order valence-electron chi connectivity index (χ2n) is 5.06. The molecule has 3 rings (SSSR count). The maximum atomic E-state index is 12.9. The number of benzene rings is 2. The number of nitrogens with one attached hydrogen (secondary N) is 1. The molecule has 122 valence electrons. The lowest BCUT2D eigenvalue weighted by atomic mass is 10.2. The number of hydrogen-bond donors (Lipinski definition) is 1. The van der Waals surface area contributed by atoms with Crippen LogP contribution in [0, 0.1) is 12.7 Å². The zero-order chi connectivity index (χ0) is 16.9. The number of halogens is 1. The molecule has 0 unspecified atom stereocenters. The van der Waals surface area contributed by atoms with Crippen LogP contribution in [-0.4, -0.2) is 16.1 Å². The van der Waals surface area contributed by atoms with Gasteiger partial charge in [0, 0.05) is 10.6 Å². The monoisotopic (exact) mass is 359 g/mol. The molecule has 0 aliphatic carbocycles. The zero-order valence-electron chi connectivity index (χ0n) is 12.8. The molecule has 0 bridgehead atoms. The number of hydrogen-bond acceptors (Lipinski definition) is 5. The zero-order valence-corrected chi connectivity index (χ0v) is 14.5. The topological polar surface area (TPSA) is 54.9 Å². The van der Waals surface area contributed by atoms with E-state index in [0.29, 0.717) is 16.4 Å². The van der Waals surface area contributed by atoms with E-state index in [9.17, 15) is 9.18 Å². The highest BCUT2D eigenvalue weighted by molar-refractivity contribution is 7.98. The van der Waals surface area contributed by atoms with E-state index < -0.39 is 0 Å². The highest BCUT2D eigenvalue weighted by atomic mass is 32.2. The fraction of sp³-hybridized carbons (Fsp3) is 0.118. The standard InChI is InChI=1S/C17H14FN3OS2/c1-11-2-8-14(9-3-11)23-10-15-20-21-17(24-15)16(22)19-13-6-4-12(18)5-7-13/h2-9H,10H2,1H3,(H,19,22). The fourth-order valence-corrected chi connectivity index (χ4v) is 3.52. The Kier molecular flexibility index (Phi) is 5.22. The van der Waals surface area contributed by atoms with Gasteiger partial charge in [0.25, 0.3) is 5.91 Å². The fourth-order valence-electron chi connectivity index (χ4n) is 1.90. The first-order valence-corrected chi connectivity index (χ1v) is 8.99. The predicted molar refractivity (Wildman–Crippen MR) is 95.0 cm³/mol. The smallest absolute Gasteiger partial charge is 0.286 e. The number of carbonyl (C=O) groups is 1. The summed E-state index contributed by atoms with van der Waals surface area (Å²) in [5.74, 6) is -0.0325. The van der Waals surface area contributed by atoms with Crippen LogP contribution in [0.1, 0.15) is 20.4 Å². The van der Waals surface area contributed by atoms with E-state index in [0.717, 1.165) is 9.90 Å². The molecule has 1 amide bonds. The molecular weight excluding hydrogens is 345 g/mol. The number of thioether (sulfide) groups is 1. The molecule has 1 aromatic heterocycles. The van der Waals surface area contributed by atoms with Crippen LogP contribution in [0.4, 0.5) is 10.1 Å². The molecule has 1 heterocycles. The van der Waals surface area contributed by atoms with Crippen molar-refractivity contribution in [3.05, 3.63) is 69.9 Å². The van der Waals surface area contributed by atoms with Crippen LogP contribution >= 0.6 is 23.1 Å². The Bertz CT molecular complexity index is 832. The van der Waals surface area contributed by atoms with Crippen LogP contribution in [-0.2, 0) is 5.75 Å². The molecular formula is C17H14FN3OS2. The number of aryl methyl sites for hydroxylation is 1. The van der Waals surface area contributed by atoms with Crippen molar-refractivity contribution in [3.63, 3.8) is 0 Å². The van der Waals surface area contributed by atoms with Crippen molar-refractivity contribution in [3.8, 4) is 0 Å². The lowest BCUT2D eigenvalue weighted by molar-refractivity contribution is 0.102. The first-order chi connectivity index (χ1) is 11.6. The first kappa shape index (κ1) is 16.6. The molecule has 0 saturated heterocycles. The molecule has 2 aromatic carbocycles. The minimum atomic E-state index is -0.348. The Labute approximate surface area is 147 Å². The number of nitrogens with zero attached hydrogens (tertiary/aromatic N) is 2. The Morgan fingerprint density at radius 1 is 1.12 bits per heavy atom. The molecule has 0 aliphatic heterocycles. The normalized spacial score (nSPS) is 10.6. The van der Waals surface area contributed by atoms with Gasteiger partial charge in [-0.25, -0.2) is 4.39 Å². The van der Waals surface area contributed by atoms with E-state index >= 15 is 0 Å². The molecule has 0 spiro atoms. The van der Waals surface area contributed by atoms with Gasteiger partial charge in [-0.15, -0.1) is 22.0 Å². The van der Waals surface area contributed by atoms with Crippen molar-refractivity contribution in [2.45, 2.75) is 17.6 Å². The van der Waals surface area contributed by atoms with Gasteiger partial charge in [-0.3, -0.25) is 4.79 Å². The molecule has 24 heavy (non-hydrogen) atoms. The minimum Gasteiger partial charge on any atom is -0.320 e. The molecule has 0 fully saturated rings. The van der Waals surface area contributed by atoms with E-state index in [1.807, 2.05) is 6.92 Å². The Morgan fingerprint density at radius 3 is 2.54 bits per heavy atom. The van der Waals surface area contributed by atoms with Crippen LogP contribution < -0.4 is 5.32 Å².